The SMILES string of the molecule is CCCCCCN1CCC(C)(c2cccc(OC(=O)N(CC)CC)c2)C(C)C1. The van der Waals surface area contributed by atoms with Crippen LogP contribution in [0, 0.1) is 5.92 Å². The number of unbranched alkanes of at least 4 members (excludes halogenated alkanes) is 3. The molecule has 0 aliphatic carbocycles. The van der Waals surface area contributed by atoms with Crippen LogP contribution in [-0.2, 0) is 5.41 Å². The lowest BCUT2D eigenvalue weighted by atomic mass is 9.68. The van der Waals surface area contributed by atoms with E-state index in [1.54, 1.807) is 4.90 Å². The lowest BCUT2D eigenvalue weighted by Crippen LogP contribution is -2.47. The van der Waals surface area contributed by atoms with E-state index >= 15 is 0 Å². The summed E-state index contributed by atoms with van der Waals surface area (Å²) in [4.78, 5) is 16.6. The molecule has 1 saturated heterocycles. The van der Waals surface area contributed by atoms with Crippen molar-refractivity contribution in [2.45, 2.75) is 72.1 Å². The molecule has 2 rings (SSSR count). The Bertz CT molecular complexity index is 614. The first kappa shape index (κ1) is 22.7. The van der Waals surface area contributed by atoms with Crippen LogP contribution in [0.25, 0.3) is 0 Å². The first-order valence-electron chi connectivity index (χ1n) is 11.2. The van der Waals surface area contributed by atoms with Gasteiger partial charge in [0.25, 0.3) is 0 Å². The smallest absolute Gasteiger partial charge is 0.410 e. The van der Waals surface area contributed by atoms with Crippen LogP contribution in [0.2, 0.25) is 0 Å². The molecule has 0 spiro atoms. The second-order valence-corrected chi connectivity index (χ2v) is 8.50. The van der Waals surface area contributed by atoms with Crippen LogP contribution >= 0.6 is 0 Å². The number of hydrogen-bond acceptors (Lipinski definition) is 3. The topological polar surface area (TPSA) is 32.8 Å². The number of ether oxygens (including phenoxy) is 1. The number of carbonyl (C=O) groups is 1. The predicted octanol–water partition coefficient (Wildman–Crippen LogP) is 5.71. The first-order valence-corrected chi connectivity index (χ1v) is 11.2. The molecule has 0 aromatic heterocycles. The number of piperidine rings is 1. The zero-order valence-corrected chi connectivity index (χ0v) is 18.7. The largest absolute Gasteiger partial charge is 0.415 e. The standard InChI is InChI=1S/C24H40N2O2/c1-6-9-10-11-16-25-17-15-24(5,20(4)19-25)21-13-12-14-22(18-21)28-23(27)26(7-2)8-3/h12-14,18,20H,6-11,15-17,19H2,1-5H3. The molecular formula is C24H40N2O2. The molecule has 1 aromatic rings. The van der Waals surface area contributed by atoms with Gasteiger partial charge in [-0.25, -0.2) is 4.79 Å². The molecule has 0 saturated carbocycles. The van der Waals surface area contributed by atoms with E-state index in [-0.39, 0.29) is 11.5 Å². The van der Waals surface area contributed by atoms with E-state index < -0.39 is 0 Å². The fraction of sp³-hybridized carbons (Fsp3) is 0.708. The Labute approximate surface area is 172 Å². The normalized spacial score (nSPS) is 22.8. The summed E-state index contributed by atoms with van der Waals surface area (Å²) in [6.45, 7) is 15.8. The monoisotopic (exact) mass is 388 g/mol. The van der Waals surface area contributed by atoms with Gasteiger partial charge in [-0.15, -0.1) is 0 Å². The average molecular weight is 389 g/mol. The fourth-order valence-electron chi connectivity index (χ4n) is 4.27. The number of rotatable bonds is 9. The van der Waals surface area contributed by atoms with Crippen molar-refractivity contribution in [3.63, 3.8) is 0 Å². The number of benzene rings is 1. The Hall–Kier alpha value is -1.55. The highest BCUT2D eigenvalue weighted by Crippen LogP contribution is 2.40. The molecule has 1 amide bonds. The van der Waals surface area contributed by atoms with Crippen LogP contribution in [0.1, 0.15) is 72.3 Å². The number of amides is 1. The molecule has 4 heteroatoms. The van der Waals surface area contributed by atoms with Gasteiger partial charge in [0.05, 0.1) is 0 Å². The number of likely N-dealkylation sites (tertiary alicyclic amines) is 1. The Morgan fingerprint density at radius 3 is 2.61 bits per heavy atom. The molecule has 158 valence electrons. The third-order valence-corrected chi connectivity index (χ3v) is 6.62. The molecule has 1 aliphatic rings. The zero-order chi connectivity index (χ0) is 20.6. The van der Waals surface area contributed by atoms with Crippen molar-refractivity contribution in [2.75, 3.05) is 32.7 Å². The van der Waals surface area contributed by atoms with Crippen LogP contribution in [0.15, 0.2) is 24.3 Å². The third-order valence-electron chi connectivity index (χ3n) is 6.62. The molecule has 1 heterocycles. The van der Waals surface area contributed by atoms with E-state index in [9.17, 15) is 4.79 Å². The summed E-state index contributed by atoms with van der Waals surface area (Å²) in [5, 5.41) is 0. The number of carbonyl (C=O) groups excluding carboxylic acids is 1. The summed E-state index contributed by atoms with van der Waals surface area (Å²) in [5.41, 5.74) is 1.41. The van der Waals surface area contributed by atoms with Gasteiger partial charge in [-0.1, -0.05) is 52.2 Å². The maximum absolute atomic E-state index is 12.3. The second-order valence-electron chi connectivity index (χ2n) is 8.50. The summed E-state index contributed by atoms with van der Waals surface area (Å²) in [5.74, 6) is 1.23. The van der Waals surface area contributed by atoms with Crippen LogP contribution in [0.5, 0.6) is 5.75 Å². The summed E-state index contributed by atoms with van der Waals surface area (Å²) >= 11 is 0. The second kappa shape index (κ2) is 10.8. The molecule has 0 radical (unpaired) electrons. The molecule has 0 N–H and O–H groups in total. The van der Waals surface area contributed by atoms with Gasteiger partial charge in [-0.3, -0.25) is 0 Å². The molecule has 1 aliphatic heterocycles. The van der Waals surface area contributed by atoms with Crippen LogP contribution < -0.4 is 4.74 Å². The quantitative estimate of drug-likeness (QED) is 0.508. The highest BCUT2D eigenvalue weighted by Gasteiger charge is 2.38. The summed E-state index contributed by atoms with van der Waals surface area (Å²) in [7, 11) is 0. The predicted molar refractivity (Wildman–Crippen MR) is 117 cm³/mol. The minimum atomic E-state index is -0.262. The highest BCUT2D eigenvalue weighted by atomic mass is 16.6. The van der Waals surface area contributed by atoms with E-state index in [0.29, 0.717) is 24.8 Å². The third kappa shape index (κ3) is 5.73. The zero-order valence-electron chi connectivity index (χ0n) is 18.7. The van der Waals surface area contributed by atoms with Crippen molar-refractivity contribution in [2.24, 2.45) is 5.92 Å². The average Bonchev–Trinajstić information content (AvgIpc) is 2.69. The summed E-state index contributed by atoms with van der Waals surface area (Å²) in [6.07, 6.45) is 6.19. The lowest BCUT2D eigenvalue weighted by molar-refractivity contribution is 0.109. The van der Waals surface area contributed by atoms with Gasteiger partial charge in [0, 0.05) is 19.6 Å². The number of nitrogens with zero attached hydrogens (tertiary/aromatic N) is 2. The van der Waals surface area contributed by atoms with E-state index in [1.807, 2.05) is 26.0 Å². The molecule has 4 nitrogen and oxygen atoms in total. The maximum atomic E-state index is 12.3. The van der Waals surface area contributed by atoms with Gasteiger partial charge in [0.15, 0.2) is 0 Å². The highest BCUT2D eigenvalue weighted by molar-refractivity contribution is 5.70. The lowest BCUT2D eigenvalue weighted by Gasteiger charge is -2.45. The van der Waals surface area contributed by atoms with Gasteiger partial charge in [0.1, 0.15) is 5.75 Å². The van der Waals surface area contributed by atoms with Crippen molar-refractivity contribution in [1.82, 2.24) is 9.80 Å². The van der Waals surface area contributed by atoms with E-state index in [1.165, 1.54) is 37.8 Å². The van der Waals surface area contributed by atoms with E-state index in [4.69, 9.17) is 4.74 Å². The Balaban J connectivity index is 2.01. The Kier molecular flexibility index (Phi) is 8.81. The molecule has 1 fully saturated rings. The van der Waals surface area contributed by atoms with E-state index in [2.05, 4.69) is 37.8 Å². The fourth-order valence-corrected chi connectivity index (χ4v) is 4.27. The van der Waals surface area contributed by atoms with Crippen LogP contribution in [-0.4, -0.2) is 48.6 Å². The molecular weight excluding hydrogens is 348 g/mol. The van der Waals surface area contributed by atoms with E-state index in [0.717, 1.165) is 19.5 Å². The van der Waals surface area contributed by atoms with Crippen molar-refractivity contribution >= 4 is 6.09 Å². The van der Waals surface area contributed by atoms with Crippen molar-refractivity contribution in [1.29, 1.82) is 0 Å². The van der Waals surface area contributed by atoms with Gasteiger partial charge >= 0.3 is 6.09 Å². The summed E-state index contributed by atoms with van der Waals surface area (Å²) < 4.78 is 5.64. The van der Waals surface area contributed by atoms with Gasteiger partial charge < -0.3 is 14.5 Å². The van der Waals surface area contributed by atoms with Crippen molar-refractivity contribution < 1.29 is 9.53 Å². The van der Waals surface area contributed by atoms with Gasteiger partial charge in [-0.2, -0.15) is 0 Å². The maximum Gasteiger partial charge on any atom is 0.415 e. The molecule has 2 atom stereocenters. The Morgan fingerprint density at radius 1 is 1.21 bits per heavy atom. The summed E-state index contributed by atoms with van der Waals surface area (Å²) in [6, 6.07) is 8.19. The van der Waals surface area contributed by atoms with Crippen LogP contribution in [0.3, 0.4) is 0 Å². The first-order chi connectivity index (χ1) is 13.4. The minimum Gasteiger partial charge on any atom is -0.410 e. The number of hydrogen-bond donors (Lipinski definition) is 0. The van der Waals surface area contributed by atoms with Crippen molar-refractivity contribution in [3.8, 4) is 5.75 Å². The van der Waals surface area contributed by atoms with Crippen molar-refractivity contribution in [3.05, 3.63) is 29.8 Å². The molecule has 1 aromatic carbocycles. The Morgan fingerprint density at radius 2 is 1.96 bits per heavy atom. The van der Waals surface area contributed by atoms with Crippen LogP contribution in [0.4, 0.5) is 4.79 Å². The molecule has 2 unspecified atom stereocenters. The molecule has 28 heavy (non-hydrogen) atoms. The van der Waals surface area contributed by atoms with Gasteiger partial charge in [-0.05, 0) is 68.8 Å². The minimum absolute atomic E-state index is 0.123. The molecule has 0 bridgehead atoms. The van der Waals surface area contributed by atoms with Gasteiger partial charge in [0.2, 0.25) is 0 Å².